The first-order chi connectivity index (χ1) is 11.5. The van der Waals surface area contributed by atoms with Crippen molar-refractivity contribution in [2.45, 2.75) is 20.3 Å². The van der Waals surface area contributed by atoms with E-state index in [1.54, 1.807) is 6.20 Å². The van der Waals surface area contributed by atoms with Gasteiger partial charge in [-0.2, -0.15) is 0 Å². The SMILES string of the molecule is Cc1cnc(-c2cc(N3CCC(N)=C(SN)C3)ncc2Cl)c(C)c1. The summed E-state index contributed by atoms with van der Waals surface area (Å²) in [6.07, 6.45) is 4.32. The molecule has 24 heavy (non-hydrogen) atoms. The van der Waals surface area contributed by atoms with Crippen LogP contribution in [0.25, 0.3) is 11.3 Å². The van der Waals surface area contributed by atoms with Gasteiger partial charge >= 0.3 is 0 Å². The summed E-state index contributed by atoms with van der Waals surface area (Å²) in [5.74, 6) is 0.857. The molecule has 2 aromatic rings. The summed E-state index contributed by atoms with van der Waals surface area (Å²) in [7, 11) is 0. The van der Waals surface area contributed by atoms with Crippen molar-refractivity contribution in [3.05, 3.63) is 51.3 Å². The van der Waals surface area contributed by atoms with Crippen LogP contribution in [-0.4, -0.2) is 23.1 Å². The summed E-state index contributed by atoms with van der Waals surface area (Å²) >= 11 is 7.59. The lowest BCUT2D eigenvalue weighted by molar-refractivity contribution is 0.762. The molecule has 3 heterocycles. The third-order valence-corrected chi connectivity index (χ3v) is 5.10. The molecule has 0 saturated heterocycles. The lowest BCUT2D eigenvalue weighted by atomic mass is 10.1. The molecule has 0 fully saturated rings. The second kappa shape index (κ2) is 7.01. The quantitative estimate of drug-likeness (QED) is 0.815. The number of halogens is 1. The molecule has 3 rings (SSSR count). The highest BCUT2D eigenvalue weighted by Gasteiger charge is 2.20. The van der Waals surface area contributed by atoms with Gasteiger partial charge in [0.05, 0.1) is 17.3 Å². The Morgan fingerprint density at radius 2 is 2.00 bits per heavy atom. The van der Waals surface area contributed by atoms with Crippen LogP contribution in [0, 0.1) is 13.8 Å². The van der Waals surface area contributed by atoms with Gasteiger partial charge in [-0.05, 0) is 43.0 Å². The van der Waals surface area contributed by atoms with Crippen LogP contribution in [0.4, 0.5) is 5.82 Å². The maximum absolute atomic E-state index is 6.39. The van der Waals surface area contributed by atoms with Gasteiger partial charge in [0, 0.05) is 41.5 Å². The van der Waals surface area contributed by atoms with E-state index in [4.69, 9.17) is 22.5 Å². The average molecular weight is 362 g/mol. The van der Waals surface area contributed by atoms with Gasteiger partial charge in [-0.1, -0.05) is 17.7 Å². The monoisotopic (exact) mass is 361 g/mol. The molecule has 1 aliphatic heterocycles. The molecule has 7 heteroatoms. The number of aryl methyl sites for hydroxylation is 2. The number of anilines is 1. The van der Waals surface area contributed by atoms with Crippen LogP contribution in [-0.2, 0) is 0 Å². The lowest BCUT2D eigenvalue weighted by Crippen LogP contribution is -2.33. The second-order valence-electron chi connectivity index (χ2n) is 5.94. The van der Waals surface area contributed by atoms with Crippen molar-refractivity contribution in [1.82, 2.24) is 9.97 Å². The Hall–Kier alpha value is -1.76. The molecular formula is C17H20ClN5S. The van der Waals surface area contributed by atoms with Crippen molar-refractivity contribution >= 4 is 29.4 Å². The number of hydrogen-bond acceptors (Lipinski definition) is 6. The first-order valence-corrected chi connectivity index (χ1v) is 8.93. The Kier molecular flexibility index (Phi) is 4.99. The normalized spacial score (nSPS) is 15.1. The van der Waals surface area contributed by atoms with E-state index in [-0.39, 0.29) is 0 Å². The predicted molar refractivity (Wildman–Crippen MR) is 102 cm³/mol. The van der Waals surface area contributed by atoms with E-state index in [0.717, 1.165) is 51.8 Å². The fraction of sp³-hybridized carbons (Fsp3) is 0.294. The molecule has 126 valence electrons. The van der Waals surface area contributed by atoms with Gasteiger partial charge in [0.15, 0.2) is 0 Å². The van der Waals surface area contributed by atoms with Crippen LogP contribution in [0.15, 0.2) is 35.1 Å². The van der Waals surface area contributed by atoms with Crippen molar-refractivity contribution < 1.29 is 0 Å². The highest BCUT2D eigenvalue weighted by molar-refractivity contribution is 8.01. The van der Waals surface area contributed by atoms with Gasteiger partial charge in [-0.25, -0.2) is 4.98 Å². The van der Waals surface area contributed by atoms with E-state index in [0.29, 0.717) is 11.6 Å². The Labute approximate surface area is 151 Å². The molecule has 1 aliphatic rings. The summed E-state index contributed by atoms with van der Waals surface area (Å²) in [6, 6.07) is 4.10. The van der Waals surface area contributed by atoms with Crippen LogP contribution in [0.2, 0.25) is 5.02 Å². The van der Waals surface area contributed by atoms with Crippen molar-refractivity contribution in [3.63, 3.8) is 0 Å². The van der Waals surface area contributed by atoms with Gasteiger partial charge in [0.2, 0.25) is 0 Å². The van der Waals surface area contributed by atoms with Crippen molar-refractivity contribution in [1.29, 1.82) is 0 Å². The molecule has 0 unspecified atom stereocenters. The highest BCUT2D eigenvalue weighted by Crippen LogP contribution is 2.33. The van der Waals surface area contributed by atoms with Crippen LogP contribution < -0.4 is 15.8 Å². The second-order valence-corrected chi connectivity index (χ2v) is 7.07. The molecule has 0 radical (unpaired) electrons. The van der Waals surface area contributed by atoms with E-state index in [9.17, 15) is 0 Å². The number of nitrogens with zero attached hydrogens (tertiary/aromatic N) is 3. The summed E-state index contributed by atoms with van der Waals surface area (Å²) < 4.78 is 0. The average Bonchev–Trinajstić information content (AvgIpc) is 2.56. The molecule has 2 aromatic heterocycles. The van der Waals surface area contributed by atoms with E-state index < -0.39 is 0 Å². The standard InChI is InChI=1S/C17H20ClN5S/c1-10-5-11(2)17(22-7-10)12-6-16(21-8-13(12)18)23-4-3-14(19)15(9-23)24-20/h5-8H,3-4,9,19-20H2,1-2H3. The minimum atomic E-state index is 0.596. The maximum Gasteiger partial charge on any atom is 0.129 e. The van der Waals surface area contributed by atoms with Crippen molar-refractivity contribution in [2.75, 3.05) is 18.0 Å². The fourth-order valence-corrected chi connectivity index (χ4v) is 3.51. The molecule has 5 nitrogen and oxygen atoms in total. The number of hydrogen-bond donors (Lipinski definition) is 2. The minimum Gasteiger partial charge on any atom is -0.401 e. The largest absolute Gasteiger partial charge is 0.401 e. The summed E-state index contributed by atoms with van der Waals surface area (Å²) in [5, 5.41) is 6.31. The summed E-state index contributed by atoms with van der Waals surface area (Å²) in [6.45, 7) is 5.55. The molecule has 0 amide bonds. The zero-order chi connectivity index (χ0) is 17.3. The van der Waals surface area contributed by atoms with Crippen LogP contribution in [0.5, 0.6) is 0 Å². The van der Waals surface area contributed by atoms with Gasteiger partial charge in [-0.15, -0.1) is 0 Å². The molecule has 0 spiro atoms. The van der Waals surface area contributed by atoms with Gasteiger partial charge < -0.3 is 10.6 Å². The van der Waals surface area contributed by atoms with Crippen molar-refractivity contribution in [2.24, 2.45) is 10.9 Å². The van der Waals surface area contributed by atoms with E-state index in [1.165, 1.54) is 11.9 Å². The third kappa shape index (κ3) is 3.36. The maximum atomic E-state index is 6.39. The zero-order valence-electron chi connectivity index (χ0n) is 13.7. The minimum absolute atomic E-state index is 0.596. The number of pyridine rings is 2. The summed E-state index contributed by atoms with van der Waals surface area (Å²) in [5.41, 5.74) is 10.9. The van der Waals surface area contributed by atoms with Crippen LogP contribution >= 0.6 is 23.5 Å². The molecule has 0 aliphatic carbocycles. The molecule has 4 N–H and O–H groups in total. The number of rotatable bonds is 3. The Balaban J connectivity index is 1.98. The zero-order valence-corrected chi connectivity index (χ0v) is 15.3. The molecule has 0 saturated carbocycles. The number of nitrogens with two attached hydrogens (primary N) is 2. The Bertz CT molecular complexity index is 806. The van der Waals surface area contributed by atoms with E-state index >= 15 is 0 Å². The molecule has 0 aromatic carbocycles. The molecule has 0 atom stereocenters. The predicted octanol–water partition coefficient (Wildman–Crippen LogP) is 3.40. The topological polar surface area (TPSA) is 81.1 Å². The highest BCUT2D eigenvalue weighted by atomic mass is 35.5. The van der Waals surface area contributed by atoms with Crippen LogP contribution in [0.1, 0.15) is 17.5 Å². The third-order valence-electron chi connectivity index (χ3n) is 4.12. The summed E-state index contributed by atoms with van der Waals surface area (Å²) in [4.78, 5) is 12.2. The van der Waals surface area contributed by atoms with E-state index in [1.807, 2.05) is 26.1 Å². The smallest absolute Gasteiger partial charge is 0.129 e. The first kappa shape index (κ1) is 17.1. The first-order valence-electron chi connectivity index (χ1n) is 7.68. The van der Waals surface area contributed by atoms with E-state index in [2.05, 4.69) is 20.9 Å². The molecular weight excluding hydrogens is 342 g/mol. The molecule has 0 bridgehead atoms. The van der Waals surface area contributed by atoms with Crippen LogP contribution in [0.3, 0.4) is 0 Å². The van der Waals surface area contributed by atoms with Crippen molar-refractivity contribution in [3.8, 4) is 11.3 Å². The Morgan fingerprint density at radius 1 is 1.21 bits per heavy atom. The lowest BCUT2D eigenvalue weighted by Gasteiger charge is -2.30. The van der Waals surface area contributed by atoms with Gasteiger partial charge in [0.1, 0.15) is 5.82 Å². The fourth-order valence-electron chi connectivity index (χ4n) is 2.84. The van der Waals surface area contributed by atoms with Gasteiger partial charge in [0.25, 0.3) is 0 Å². The van der Waals surface area contributed by atoms with Gasteiger partial charge in [-0.3, -0.25) is 10.1 Å². The number of aromatic nitrogens is 2. The Morgan fingerprint density at radius 3 is 2.71 bits per heavy atom.